The van der Waals surface area contributed by atoms with Crippen molar-refractivity contribution in [1.29, 1.82) is 10.5 Å². The first-order valence-electron chi connectivity index (χ1n) is 6.38. The Kier molecular flexibility index (Phi) is 3.20. The third-order valence-electron chi connectivity index (χ3n) is 3.33. The quantitative estimate of drug-likeness (QED) is 0.785. The van der Waals surface area contributed by atoms with Crippen molar-refractivity contribution in [3.05, 3.63) is 35.9 Å². The summed E-state index contributed by atoms with van der Waals surface area (Å²) in [6.07, 6.45) is -0.469. The number of fused-ring (bicyclic) bond motifs is 1. The Morgan fingerprint density at radius 3 is 2.95 bits per heavy atom. The third-order valence-corrected chi connectivity index (χ3v) is 3.33. The van der Waals surface area contributed by atoms with Crippen LogP contribution in [0.3, 0.4) is 0 Å². The van der Waals surface area contributed by atoms with E-state index >= 15 is 0 Å². The number of hydrogen-bond donors (Lipinski definition) is 0. The minimum absolute atomic E-state index is 0.441. The summed E-state index contributed by atoms with van der Waals surface area (Å²) < 4.78 is 5.33. The maximum atomic E-state index is 9.32. The van der Waals surface area contributed by atoms with Crippen molar-refractivity contribution in [1.82, 2.24) is 4.98 Å². The monoisotopic (exact) mass is 264 g/mol. The molecule has 0 saturated carbocycles. The van der Waals surface area contributed by atoms with E-state index in [-0.39, 0.29) is 0 Å². The van der Waals surface area contributed by atoms with Crippen LogP contribution in [0.15, 0.2) is 30.3 Å². The van der Waals surface area contributed by atoms with Gasteiger partial charge in [0.25, 0.3) is 0 Å². The molecule has 3 rings (SSSR count). The molecule has 0 spiro atoms. The summed E-state index contributed by atoms with van der Waals surface area (Å²) in [7, 11) is 0. The molecule has 0 N–H and O–H groups in total. The highest BCUT2D eigenvalue weighted by Gasteiger charge is 2.23. The minimum Gasteiger partial charge on any atom is -0.360 e. The molecule has 1 aliphatic rings. The number of ether oxygens (including phenoxy) is 1. The smallest absolute Gasteiger partial charge is 0.161 e. The molecule has 1 aliphatic heterocycles. The van der Waals surface area contributed by atoms with Crippen LogP contribution in [0.1, 0.15) is 5.56 Å². The van der Waals surface area contributed by atoms with Crippen LogP contribution in [0.25, 0.3) is 10.9 Å². The van der Waals surface area contributed by atoms with Crippen molar-refractivity contribution in [3.8, 4) is 12.1 Å². The fraction of sp³-hybridized carbons (Fsp3) is 0.267. The first-order valence-corrected chi connectivity index (χ1v) is 6.38. The number of aromatic nitrogens is 1. The average molecular weight is 264 g/mol. The van der Waals surface area contributed by atoms with E-state index < -0.39 is 6.10 Å². The molecule has 0 amide bonds. The molecule has 0 radical (unpaired) electrons. The molecular weight excluding hydrogens is 252 g/mol. The Balaban J connectivity index is 2.06. The normalized spacial score (nSPS) is 18.5. The molecular formula is C15H12N4O. The molecule has 1 fully saturated rings. The van der Waals surface area contributed by atoms with Crippen molar-refractivity contribution in [2.75, 3.05) is 24.6 Å². The number of nitrogens with zero attached hydrogens (tertiary/aromatic N) is 4. The van der Waals surface area contributed by atoms with E-state index in [2.05, 4.69) is 17.1 Å². The van der Waals surface area contributed by atoms with Gasteiger partial charge >= 0.3 is 0 Å². The summed E-state index contributed by atoms with van der Waals surface area (Å²) >= 11 is 0. The number of rotatable bonds is 1. The largest absolute Gasteiger partial charge is 0.360 e. The first kappa shape index (κ1) is 12.4. The number of nitriles is 2. The molecule has 1 atom stereocenters. The summed E-state index contributed by atoms with van der Waals surface area (Å²) in [6, 6.07) is 13.8. The maximum absolute atomic E-state index is 9.32. The number of pyridine rings is 1. The number of morpholine rings is 1. The first-order chi connectivity index (χ1) is 9.81. The summed E-state index contributed by atoms with van der Waals surface area (Å²) in [5, 5.41) is 19.2. The lowest BCUT2D eigenvalue weighted by molar-refractivity contribution is 0.0761. The Bertz CT molecular complexity index is 729. The minimum atomic E-state index is -0.469. The van der Waals surface area contributed by atoms with E-state index in [0.717, 1.165) is 10.9 Å². The summed E-state index contributed by atoms with van der Waals surface area (Å²) in [6.45, 7) is 1.55. The topological polar surface area (TPSA) is 72.9 Å². The van der Waals surface area contributed by atoms with Gasteiger partial charge in [-0.3, -0.25) is 0 Å². The molecule has 2 heterocycles. The zero-order valence-corrected chi connectivity index (χ0v) is 10.8. The van der Waals surface area contributed by atoms with E-state index in [1.165, 1.54) is 0 Å². The summed E-state index contributed by atoms with van der Waals surface area (Å²) in [5.41, 5.74) is 1.38. The zero-order valence-electron chi connectivity index (χ0n) is 10.8. The molecule has 2 aromatic rings. The molecule has 0 aliphatic carbocycles. The number of para-hydroxylation sites is 1. The zero-order chi connectivity index (χ0) is 13.9. The second-order valence-electron chi connectivity index (χ2n) is 4.60. The van der Waals surface area contributed by atoms with Gasteiger partial charge in [-0.2, -0.15) is 10.5 Å². The highest BCUT2D eigenvalue weighted by Crippen LogP contribution is 2.24. The third kappa shape index (κ3) is 2.16. The van der Waals surface area contributed by atoms with E-state index in [1.54, 1.807) is 0 Å². The lowest BCUT2D eigenvalue weighted by Crippen LogP contribution is -2.42. The molecule has 5 nitrogen and oxygen atoms in total. The lowest BCUT2D eigenvalue weighted by Gasteiger charge is -2.31. The molecule has 1 aromatic carbocycles. The fourth-order valence-electron chi connectivity index (χ4n) is 2.35. The van der Waals surface area contributed by atoms with Gasteiger partial charge in [-0.25, -0.2) is 4.98 Å². The SMILES string of the molecule is N#Cc1cc2ccccc2nc1N1CCOC(C#N)C1. The lowest BCUT2D eigenvalue weighted by atomic mass is 10.1. The van der Waals surface area contributed by atoms with Crippen molar-refractivity contribution < 1.29 is 4.74 Å². The van der Waals surface area contributed by atoms with Crippen LogP contribution in [0.4, 0.5) is 5.82 Å². The molecule has 98 valence electrons. The van der Waals surface area contributed by atoms with Crippen LogP contribution in [-0.4, -0.2) is 30.8 Å². The number of hydrogen-bond acceptors (Lipinski definition) is 5. The molecule has 20 heavy (non-hydrogen) atoms. The van der Waals surface area contributed by atoms with E-state index in [1.807, 2.05) is 35.2 Å². The van der Waals surface area contributed by atoms with Gasteiger partial charge in [-0.1, -0.05) is 18.2 Å². The summed E-state index contributed by atoms with van der Waals surface area (Å²) in [4.78, 5) is 6.52. The highest BCUT2D eigenvalue weighted by molar-refractivity contribution is 5.83. The Labute approximate surface area is 116 Å². The molecule has 1 unspecified atom stereocenters. The van der Waals surface area contributed by atoms with Crippen LogP contribution in [0, 0.1) is 22.7 Å². The highest BCUT2D eigenvalue weighted by atomic mass is 16.5. The van der Waals surface area contributed by atoms with Crippen molar-refractivity contribution in [2.45, 2.75) is 6.10 Å². The van der Waals surface area contributed by atoms with Gasteiger partial charge < -0.3 is 9.64 Å². The average Bonchev–Trinajstić information content (AvgIpc) is 2.53. The predicted octanol–water partition coefficient (Wildman–Crippen LogP) is 1.84. The van der Waals surface area contributed by atoms with Crippen LogP contribution < -0.4 is 4.90 Å². The Hall–Kier alpha value is -2.63. The Morgan fingerprint density at radius 1 is 1.30 bits per heavy atom. The summed E-state index contributed by atoms with van der Waals surface area (Å²) in [5.74, 6) is 0.634. The Morgan fingerprint density at radius 2 is 2.15 bits per heavy atom. The van der Waals surface area contributed by atoms with Gasteiger partial charge in [0.1, 0.15) is 11.9 Å². The number of benzene rings is 1. The van der Waals surface area contributed by atoms with Gasteiger partial charge in [-0.05, 0) is 12.1 Å². The molecule has 1 aromatic heterocycles. The van der Waals surface area contributed by atoms with Crippen molar-refractivity contribution >= 4 is 16.7 Å². The maximum Gasteiger partial charge on any atom is 0.161 e. The van der Waals surface area contributed by atoms with Gasteiger partial charge in [0, 0.05) is 11.9 Å². The van der Waals surface area contributed by atoms with Gasteiger partial charge in [0.2, 0.25) is 0 Å². The van der Waals surface area contributed by atoms with Crippen LogP contribution in [-0.2, 0) is 4.74 Å². The van der Waals surface area contributed by atoms with Gasteiger partial charge in [0.05, 0.1) is 30.3 Å². The van der Waals surface area contributed by atoms with Crippen LogP contribution in [0.2, 0.25) is 0 Å². The van der Waals surface area contributed by atoms with E-state index in [4.69, 9.17) is 10.00 Å². The van der Waals surface area contributed by atoms with Crippen LogP contribution in [0.5, 0.6) is 0 Å². The second kappa shape index (κ2) is 5.16. The van der Waals surface area contributed by atoms with Crippen molar-refractivity contribution in [3.63, 3.8) is 0 Å². The molecule has 1 saturated heterocycles. The van der Waals surface area contributed by atoms with E-state index in [9.17, 15) is 5.26 Å². The van der Waals surface area contributed by atoms with Gasteiger partial charge in [-0.15, -0.1) is 0 Å². The fourth-order valence-corrected chi connectivity index (χ4v) is 2.35. The predicted molar refractivity (Wildman–Crippen MR) is 74.0 cm³/mol. The van der Waals surface area contributed by atoms with Crippen molar-refractivity contribution in [2.24, 2.45) is 0 Å². The van der Waals surface area contributed by atoms with Gasteiger partial charge in [0.15, 0.2) is 6.10 Å². The molecule has 0 bridgehead atoms. The number of anilines is 1. The van der Waals surface area contributed by atoms with E-state index in [0.29, 0.717) is 31.1 Å². The standard InChI is InChI=1S/C15H12N4O/c16-8-12-7-11-3-1-2-4-14(11)18-15(12)19-5-6-20-13(9-17)10-19/h1-4,7,13H,5-6,10H2. The van der Waals surface area contributed by atoms with Crippen LogP contribution >= 0.6 is 0 Å². The second-order valence-corrected chi connectivity index (χ2v) is 4.60. The molecule has 5 heteroatoms.